The highest BCUT2D eigenvalue weighted by atomic mass is 16.6. The van der Waals surface area contributed by atoms with Crippen LogP contribution in [-0.4, -0.2) is 42.0 Å². The second-order valence-corrected chi connectivity index (χ2v) is 9.10. The Morgan fingerprint density at radius 3 is 2.64 bits per heavy atom. The van der Waals surface area contributed by atoms with Crippen LogP contribution in [0.2, 0.25) is 0 Å². The predicted octanol–water partition coefficient (Wildman–Crippen LogP) is 5.14. The number of methoxy groups -OCH3 is 1. The van der Waals surface area contributed by atoms with E-state index < -0.39 is 4.92 Å². The van der Waals surface area contributed by atoms with E-state index in [4.69, 9.17) is 4.74 Å². The standard InChI is InChI=1S/C28H28N4O4/c1-36-18-23-8-5-15-31(23)17-19-9-11-21(12-10-19)29-27(20-6-3-2-4-7-20)26-24-16-22(32(34)35)13-14-25(24)30-28(26)33/h2-4,6-7,9-14,16,23,29H,5,8,15,17-18H2,1H3,(H,30,33). The molecule has 2 aliphatic heterocycles. The van der Waals surface area contributed by atoms with Crippen molar-refractivity contribution in [3.63, 3.8) is 0 Å². The second kappa shape index (κ2) is 10.3. The number of fused-ring (bicyclic) bond motifs is 1. The quantitative estimate of drug-likeness (QED) is 0.261. The van der Waals surface area contributed by atoms with Crippen molar-refractivity contribution in [2.75, 3.05) is 30.9 Å². The van der Waals surface area contributed by atoms with E-state index in [1.54, 1.807) is 13.2 Å². The Kier molecular flexibility index (Phi) is 6.79. The Labute approximate surface area is 209 Å². The molecular weight excluding hydrogens is 456 g/mol. The molecule has 5 rings (SSSR count). The highest BCUT2D eigenvalue weighted by Gasteiger charge is 2.30. The van der Waals surface area contributed by atoms with Crippen LogP contribution >= 0.6 is 0 Å². The fraction of sp³-hybridized carbons (Fsp3) is 0.250. The van der Waals surface area contributed by atoms with Gasteiger partial charge >= 0.3 is 0 Å². The van der Waals surface area contributed by atoms with Gasteiger partial charge in [0.15, 0.2) is 0 Å². The number of carbonyl (C=O) groups excluding carboxylic acids is 1. The number of hydrogen-bond donors (Lipinski definition) is 2. The second-order valence-electron chi connectivity index (χ2n) is 9.10. The number of nitro benzene ring substituents is 1. The number of likely N-dealkylation sites (tertiary alicyclic amines) is 1. The molecule has 3 aromatic carbocycles. The molecule has 36 heavy (non-hydrogen) atoms. The molecule has 184 valence electrons. The molecule has 0 spiro atoms. The molecule has 0 aromatic heterocycles. The summed E-state index contributed by atoms with van der Waals surface area (Å²) in [5.74, 6) is -0.299. The average Bonchev–Trinajstić information content (AvgIpc) is 3.46. The third kappa shape index (κ3) is 4.86. The van der Waals surface area contributed by atoms with Crippen LogP contribution < -0.4 is 10.6 Å². The molecule has 2 N–H and O–H groups in total. The summed E-state index contributed by atoms with van der Waals surface area (Å²) in [7, 11) is 1.75. The first kappa shape index (κ1) is 23.7. The van der Waals surface area contributed by atoms with Gasteiger partial charge in [-0.3, -0.25) is 19.8 Å². The molecule has 0 radical (unpaired) electrons. The summed E-state index contributed by atoms with van der Waals surface area (Å²) < 4.78 is 5.37. The number of nitro groups is 1. The van der Waals surface area contributed by atoms with Gasteiger partial charge in [-0.15, -0.1) is 0 Å². The van der Waals surface area contributed by atoms with Crippen LogP contribution in [0.1, 0.15) is 29.5 Å². The Morgan fingerprint density at radius 1 is 1.14 bits per heavy atom. The number of carbonyl (C=O) groups is 1. The Hall–Kier alpha value is -4.01. The molecule has 1 atom stereocenters. The molecule has 0 bridgehead atoms. The lowest BCUT2D eigenvalue weighted by atomic mass is 9.99. The largest absolute Gasteiger partial charge is 0.383 e. The third-order valence-electron chi connectivity index (χ3n) is 6.74. The van der Waals surface area contributed by atoms with Crippen LogP contribution in [0.5, 0.6) is 0 Å². The summed E-state index contributed by atoms with van der Waals surface area (Å²) in [6.07, 6.45) is 2.34. The van der Waals surface area contributed by atoms with Crippen LogP contribution in [0, 0.1) is 10.1 Å². The maximum Gasteiger partial charge on any atom is 0.270 e. The van der Waals surface area contributed by atoms with E-state index >= 15 is 0 Å². The lowest BCUT2D eigenvalue weighted by Crippen LogP contribution is -2.32. The van der Waals surface area contributed by atoms with Gasteiger partial charge in [-0.1, -0.05) is 42.5 Å². The molecule has 2 aliphatic rings. The molecule has 1 unspecified atom stereocenters. The Bertz CT molecular complexity index is 1300. The molecule has 3 aromatic rings. The fourth-order valence-corrected chi connectivity index (χ4v) is 4.96. The molecular formula is C28H28N4O4. The maximum absolute atomic E-state index is 13.1. The van der Waals surface area contributed by atoms with Crippen molar-refractivity contribution in [3.05, 3.63) is 99.6 Å². The summed E-state index contributed by atoms with van der Waals surface area (Å²) in [5, 5.41) is 17.7. The van der Waals surface area contributed by atoms with Gasteiger partial charge in [0.25, 0.3) is 11.6 Å². The monoisotopic (exact) mass is 484 g/mol. The number of ether oxygens (including phenoxy) is 1. The van der Waals surface area contributed by atoms with E-state index in [-0.39, 0.29) is 11.6 Å². The van der Waals surface area contributed by atoms with E-state index in [0.29, 0.717) is 28.6 Å². The van der Waals surface area contributed by atoms with Crippen molar-refractivity contribution in [1.82, 2.24) is 4.90 Å². The van der Waals surface area contributed by atoms with Crippen LogP contribution in [0.3, 0.4) is 0 Å². The summed E-state index contributed by atoms with van der Waals surface area (Å²) in [6, 6.07) is 22.6. The van der Waals surface area contributed by atoms with Gasteiger partial charge in [0.1, 0.15) is 0 Å². The van der Waals surface area contributed by atoms with Crippen LogP contribution in [0.25, 0.3) is 11.3 Å². The van der Waals surface area contributed by atoms with Gasteiger partial charge in [0.2, 0.25) is 0 Å². The van der Waals surface area contributed by atoms with Gasteiger partial charge in [-0.05, 0) is 48.7 Å². The molecule has 1 saturated heterocycles. The van der Waals surface area contributed by atoms with Gasteiger partial charge in [0.05, 0.1) is 22.8 Å². The number of anilines is 2. The first-order chi connectivity index (χ1) is 17.5. The van der Waals surface area contributed by atoms with E-state index in [2.05, 4.69) is 27.7 Å². The van der Waals surface area contributed by atoms with Crippen molar-refractivity contribution in [2.24, 2.45) is 0 Å². The highest BCUT2D eigenvalue weighted by Crippen LogP contribution is 2.39. The third-order valence-corrected chi connectivity index (χ3v) is 6.74. The smallest absolute Gasteiger partial charge is 0.270 e. The van der Waals surface area contributed by atoms with E-state index in [9.17, 15) is 14.9 Å². The number of non-ortho nitro benzene ring substituents is 1. The summed E-state index contributed by atoms with van der Waals surface area (Å²) >= 11 is 0. The summed E-state index contributed by atoms with van der Waals surface area (Å²) in [6.45, 7) is 2.68. The van der Waals surface area contributed by atoms with Crippen LogP contribution in [-0.2, 0) is 16.1 Å². The zero-order valence-corrected chi connectivity index (χ0v) is 20.1. The Morgan fingerprint density at radius 2 is 1.92 bits per heavy atom. The lowest BCUT2D eigenvalue weighted by molar-refractivity contribution is -0.384. The van der Waals surface area contributed by atoms with Crippen molar-refractivity contribution in [3.8, 4) is 0 Å². The number of amides is 1. The molecule has 8 nitrogen and oxygen atoms in total. The number of hydrogen-bond acceptors (Lipinski definition) is 6. The normalized spacial score (nSPS) is 18.6. The van der Waals surface area contributed by atoms with Gasteiger partial charge in [-0.2, -0.15) is 0 Å². The first-order valence-electron chi connectivity index (χ1n) is 12.0. The number of nitrogens with zero attached hydrogens (tertiary/aromatic N) is 2. The fourth-order valence-electron chi connectivity index (χ4n) is 4.96. The van der Waals surface area contributed by atoms with Crippen molar-refractivity contribution in [1.29, 1.82) is 0 Å². The number of rotatable bonds is 8. The van der Waals surface area contributed by atoms with E-state index in [1.165, 1.54) is 24.1 Å². The number of benzene rings is 3. The van der Waals surface area contributed by atoms with E-state index in [0.717, 1.165) is 37.4 Å². The van der Waals surface area contributed by atoms with Gasteiger partial charge in [-0.25, -0.2) is 0 Å². The minimum Gasteiger partial charge on any atom is -0.383 e. The van der Waals surface area contributed by atoms with Crippen molar-refractivity contribution in [2.45, 2.75) is 25.4 Å². The lowest BCUT2D eigenvalue weighted by Gasteiger charge is -2.24. The maximum atomic E-state index is 13.1. The summed E-state index contributed by atoms with van der Waals surface area (Å²) in [5.41, 5.74) is 4.82. The van der Waals surface area contributed by atoms with Crippen molar-refractivity contribution < 1.29 is 14.5 Å². The molecule has 8 heteroatoms. The van der Waals surface area contributed by atoms with Crippen LogP contribution in [0.4, 0.5) is 17.1 Å². The molecule has 1 fully saturated rings. The Balaban J connectivity index is 1.47. The van der Waals surface area contributed by atoms with Gasteiger partial charge < -0.3 is 15.4 Å². The molecule has 1 amide bonds. The minimum absolute atomic E-state index is 0.0618. The average molecular weight is 485 g/mol. The van der Waals surface area contributed by atoms with E-state index in [1.807, 2.05) is 42.5 Å². The molecule has 0 aliphatic carbocycles. The minimum atomic E-state index is -0.452. The topological polar surface area (TPSA) is 96.7 Å². The zero-order chi connectivity index (χ0) is 25.1. The van der Waals surface area contributed by atoms with Gasteiger partial charge in [0, 0.05) is 48.8 Å². The van der Waals surface area contributed by atoms with Crippen LogP contribution in [0.15, 0.2) is 72.8 Å². The van der Waals surface area contributed by atoms with Crippen molar-refractivity contribution >= 4 is 34.2 Å². The SMILES string of the molecule is COCC1CCCN1Cc1ccc(NC(=C2C(=O)Nc3ccc([N+](=O)[O-])cc32)c2ccccc2)cc1. The summed E-state index contributed by atoms with van der Waals surface area (Å²) in [4.78, 5) is 26.4. The zero-order valence-electron chi connectivity index (χ0n) is 20.1. The molecule has 0 saturated carbocycles. The predicted molar refractivity (Wildman–Crippen MR) is 140 cm³/mol. The number of nitrogens with one attached hydrogen (secondary N) is 2. The highest BCUT2D eigenvalue weighted by molar-refractivity contribution is 6.37. The first-order valence-corrected chi connectivity index (χ1v) is 12.0. The molecule has 2 heterocycles.